The molecule has 0 bridgehead atoms. The van der Waals surface area contributed by atoms with E-state index in [9.17, 15) is 9.18 Å². The Balaban J connectivity index is 1.64. The number of hydrogen-bond donors (Lipinski definition) is 1. The lowest BCUT2D eigenvalue weighted by molar-refractivity contribution is 0.0946. The molecule has 1 N–H and O–H groups in total. The van der Waals surface area contributed by atoms with Gasteiger partial charge >= 0.3 is 0 Å². The number of nitrogens with zero attached hydrogens (tertiary/aromatic N) is 2. The van der Waals surface area contributed by atoms with Crippen molar-refractivity contribution in [1.29, 1.82) is 0 Å². The van der Waals surface area contributed by atoms with E-state index in [4.69, 9.17) is 4.52 Å². The summed E-state index contributed by atoms with van der Waals surface area (Å²) in [6.07, 6.45) is 0. The van der Waals surface area contributed by atoms with Crippen molar-refractivity contribution in [2.24, 2.45) is 0 Å². The summed E-state index contributed by atoms with van der Waals surface area (Å²) in [5.41, 5.74) is 1.20. The fourth-order valence-corrected chi connectivity index (χ4v) is 1.89. The molecule has 1 amide bonds. The predicted octanol–water partition coefficient (Wildman–Crippen LogP) is 2.81. The van der Waals surface area contributed by atoms with Crippen molar-refractivity contribution in [2.45, 2.75) is 6.54 Å². The van der Waals surface area contributed by atoms with E-state index in [1.54, 1.807) is 0 Å². The van der Waals surface area contributed by atoms with Crippen LogP contribution < -0.4 is 5.32 Å². The molecule has 1 aromatic heterocycles. The van der Waals surface area contributed by atoms with Crippen LogP contribution >= 0.6 is 0 Å². The van der Waals surface area contributed by atoms with Crippen molar-refractivity contribution in [3.8, 4) is 11.4 Å². The molecule has 0 unspecified atom stereocenters. The lowest BCUT2D eigenvalue weighted by Gasteiger charge is -2.01. The largest absolute Gasteiger partial charge is 0.343 e. The third-order valence-corrected chi connectivity index (χ3v) is 3.01. The third-order valence-electron chi connectivity index (χ3n) is 3.01. The summed E-state index contributed by atoms with van der Waals surface area (Å²) in [7, 11) is 0. The van der Waals surface area contributed by atoms with Gasteiger partial charge in [-0.05, 0) is 24.3 Å². The molecule has 6 heteroatoms. The molecule has 3 rings (SSSR count). The number of halogens is 1. The van der Waals surface area contributed by atoms with E-state index in [2.05, 4.69) is 15.5 Å². The molecule has 110 valence electrons. The summed E-state index contributed by atoms with van der Waals surface area (Å²) in [6.45, 7) is 0.107. The Kier molecular flexibility index (Phi) is 3.91. The molecule has 2 aromatic carbocycles. The number of carbonyl (C=O) groups is 1. The smallest absolute Gasteiger partial charge is 0.251 e. The van der Waals surface area contributed by atoms with Crippen LogP contribution in [0.25, 0.3) is 11.4 Å². The average molecular weight is 297 g/mol. The predicted molar refractivity (Wildman–Crippen MR) is 77.3 cm³/mol. The van der Waals surface area contributed by atoms with Crippen LogP contribution in [0.4, 0.5) is 4.39 Å². The van der Waals surface area contributed by atoms with Gasteiger partial charge < -0.3 is 9.84 Å². The Morgan fingerprint density at radius 3 is 2.55 bits per heavy atom. The SMILES string of the molecule is O=C(NCc1nc(-c2ccccc2)no1)c1ccc(F)cc1. The molecular formula is C16H12FN3O2. The first-order valence-corrected chi connectivity index (χ1v) is 6.64. The average Bonchev–Trinajstić information content (AvgIpc) is 3.03. The second-order valence-corrected chi connectivity index (χ2v) is 4.57. The van der Waals surface area contributed by atoms with Gasteiger partial charge in [-0.25, -0.2) is 4.39 Å². The number of rotatable bonds is 4. The molecule has 0 saturated carbocycles. The van der Waals surface area contributed by atoms with Crippen LogP contribution in [-0.4, -0.2) is 16.0 Å². The molecule has 0 fully saturated rings. The van der Waals surface area contributed by atoms with Crippen molar-refractivity contribution in [1.82, 2.24) is 15.5 Å². The Hall–Kier alpha value is -3.02. The first kappa shape index (κ1) is 13.9. The molecule has 5 nitrogen and oxygen atoms in total. The Bertz CT molecular complexity index is 770. The summed E-state index contributed by atoms with van der Waals surface area (Å²) >= 11 is 0. The number of carbonyl (C=O) groups excluding carboxylic acids is 1. The molecule has 0 aliphatic rings. The van der Waals surface area contributed by atoms with Gasteiger partial charge in [0.25, 0.3) is 5.91 Å². The van der Waals surface area contributed by atoms with E-state index >= 15 is 0 Å². The van der Waals surface area contributed by atoms with Crippen LogP contribution in [0.5, 0.6) is 0 Å². The lowest BCUT2D eigenvalue weighted by Crippen LogP contribution is -2.22. The second kappa shape index (κ2) is 6.17. The second-order valence-electron chi connectivity index (χ2n) is 4.57. The number of aromatic nitrogens is 2. The Morgan fingerprint density at radius 1 is 1.09 bits per heavy atom. The molecule has 1 heterocycles. The van der Waals surface area contributed by atoms with Crippen LogP contribution in [0.2, 0.25) is 0 Å². The van der Waals surface area contributed by atoms with Crippen LogP contribution in [0.15, 0.2) is 59.1 Å². The van der Waals surface area contributed by atoms with Gasteiger partial charge in [0.1, 0.15) is 5.82 Å². The number of amides is 1. The van der Waals surface area contributed by atoms with Crippen molar-refractivity contribution in [3.05, 3.63) is 71.9 Å². The summed E-state index contributed by atoms with van der Waals surface area (Å²) in [4.78, 5) is 16.1. The van der Waals surface area contributed by atoms with Gasteiger partial charge in [-0.1, -0.05) is 35.5 Å². The molecule has 22 heavy (non-hydrogen) atoms. The standard InChI is InChI=1S/C16H12FN3O2/c17-13-8-6-12(7-9-13)16(21)18-10-14-19-15(20-22-14)11-4-2-1-3-5-11/h1-9H,10H2,(H,18,21). The zero-order chi connectivity index (χ0) is 15.4. The summed E-state index contributed by atoms with van der Waals surface area (Å²) in [5, 5.41) is 6.50. The number of nitrogens with one attached hydrogen (secondary N) is 1. The van der Waals surface area contributed by atoms with Crippen LogP contribution in [-0.2, 0) is 6.54 Å². The van der Waals surface area contributed by atoms with Crippen LogP contribution in [0.1, 0.15) is 16.2 Å². The molecule has 0 saturated heterocycles. The van der Waals surface area contributed by atoms with E-state index in [1.807, 2.05) is 30.3 Å². The highest BCUT2D eigenvalue weighted by atomic mass is 19.1. The third kappa shape index (κ3) is 3.17. The highest BCUT2D eigenvalue weighted by molar-refractivity contribution is 5.94. The minimum absolute atomic E-state index is 0.107. The molecule has 0 aliphatic heterocycles. The maximum atomic E-state index is 12.8. The molecule has 0 atom stereocenters. The van der Waals surface area contributed by atoms with Crippen molar-refractivity contribution in [3.63, 3.8) is 0 Å². The van der Waals surface area contributed by atoms with E-state index in [1.165, 1.54) is 24.3 Å². The molecule has 3 aromatic rings. The Labute approximate surface area is 125 Å². The molecule has 0 aliphatic carbocycles. The lowest BCUT2D eigenvalue weighted by atomic mass is 10.2. The van der Waals surface area contributed by atoms with Crippen molar-refractivity contribution >= 4 is 5.91 Å². The fraction of sp³-hybridized carbons (Fsp3) is 0.0625. The van der Waals surface area contributed by atoms with E-state index < -0.39 is 0 Å². The Morgan fingerprint density at radius 2 is 1.82 bits per heavy atom. The molecule has 0 radical (unpaired) electrons. The fourth-order valence-electron chi connectivity index (χ4n) is 1.89. The van der Waals surface area contributed by atoms with Gasteiger partial charge in [0, 0.05) is 11.1 Å². The highest BCUT2D eigenvalue weighted by Gasteiger charge is 2.10. The number of benzene rings is 2. The highest BCUT2D eigenvalue weighted by Crippen LogP contribution is 2.14. The van der Waals surface area contributed by atoms with Gasteiger partial charge in [0.15, 0.2) is 0 Å². The van der Waals surface area contributed by atoms with E-state index in [0.29, 0.717) is 17.3 Å². The number of hydrogen-bond acceptors (Lipinski definition) is 4. The monoisotopic (exact) mass is 297 g/mol. The normalized spacial score (nSPS) is 10.4. The van der Waals surface area contributed by atoms with E-state index in [0.717, 1.165) is 5.56 Å². The summed E-state index contributed by atoms with van der Waals surface area (Å²) < 4.78 is 17.9. The first-order chi connectivity index (χ1) is 10.7. The quantitative estimate of drug-likeness (QED) is 0.804. The van der Waals surface area contributed by atoms with Gasteiger partial charge in [0.05, 0.1) is 6.54 Å². The first-order valence-electron chi connectivity index (χ1n) is 6.64. The van der Waals surface area contributed by atoms with Crippen LogP contribution in [0, 0.1) is 5.82 Å². The minimum atomic E-state index is -0.388. The summed E-state index contributed by atoms with van der Waals surface area (Å²) in [6, 6.07) is 14.7. The van der Waals surface area contributed by atoms with Crippen LogP contribution in [0.3, 0.4) is 0 Å². The zero-order valence-electron chi connectivity index (χ0n) is 11.5. The van der Waals surface area contributed by atoms with Gasteiger partial charge in [-0.15, -0.1) is 0 Å². The molecular weight excluding hydrogens is 285 g/mol. The van der Waals surface area contributed by atoms with E-state index in [-0.39, 0.29) is 18.3 Å². The summed E-state index contributed by atoms with van der Waals surface area (Å²) in [5.74, 6) is 0.0429. The zero-order valence-corrected chi connectivity index (χ0v) is 11.5. The minimum Gasteiger partial charge on any atom is -0.343 e. The van der Waals surface area contributed by atoms with Crippen molar-refractivity contribution < 1.29 is 13.7 Å². The maximum Gasteiger partial charge on any atom is 0.251 e. The van der Waals surface area contributed by atoms with Gasteiger partial charge in [-0.3, -0.25) is 4.79 Å². The maximum absolute atomic E-state index is 12.8. The topological polar surface area (TPSA) is 68.0 Å². The van der Waals surface area contributed by atoms with Gasteiger partial charge in [0.2, 0.25) is 11.7 Å². The van der Waals surface area contributed by atoms with Crippen molar-refractivity contribution in [2.75, 3.05) is 0 Å². The van der Waals surface area contributed by atoms with Gasteiger partial charge in [-0.2, -0.15) is 4.98 Å². The molecule has 0 spiro atoms.